The van der Waals surface area contributed by atoms with Crippen molar-refractivity contribution in [2.45, 2.75) is 12.5 Å². The first-order valence-corrected chi connectivity index (χ1v) is 3.85. The Hall–Kier alpha value is -0.740. The summed E-state index contributed by atoms with van der Waals surface area (Å²) in [6.45, 7) is 4.65. The van der Waals surface area contributed by atoms with Crippen molar-refractivity contribution in [1.82, 2.24) is 0 Å². The molecule has 4 nitrogen and oxygen atoms in total. The Kier molecular flexibility index (Phi) is 7.84. The Morgan fingerprint density at radius 3 is 2.92 bits per heavy atom. The highest BCUT2D eigenvalue weighted by molar-refractivity contribution is 4.73. The van der Waals surface area contributed by atoms with Crippen molar-refractivity contribution in [2.75, 3.05) is 26.9 Å². The van der Waals surface area contributed by atoms with Gasteiger partial charge >= 0.3 is 0 Å². The zero-order chi connectivity index (χ0) is 9.23. The molecule has 0 aromatic heterocycles. The molecule has 0 aromatic carbocycles. The van der Waals surface area contributed by atoms with E-state index in [1.165, 1.54) is 0 Å². The Labute approximate surface area is 72.5 Å². The van der Waals surface area contributed by atoms with E-state index in [1.807, 2.05) is 0 Å². The fourth-order valence-corrected chi connectivity index (χ4v) is 0.813. The molecule has 12 heavy (non-hydrogen) atoms. The van der Waals surface area contributed by atoms with Gasteiger partial charge in [-0.15, -0.1) is 6.58 Å². The molecule has 70 valence electrons. The number of nitroso groups, excluding NO2 is 1. The molecule has 0 N–H and O–H groups in total. The molecule has 1 atom stereocenters. The van der Waals surface area contributed by atoms with E-state index in [-0.39, 0.29) is 12.6 Å². The number of hydrogen-bond donors (Lipinski definition) is 0. The highest BCUT2D eigenvalue weighted by Crippen LogP contribution is 1.99. The van der Waals surface area contributed by atoms with Gasteiger partial charge in [0.15, 0.2) is 0 Å². The third kappa shape index (κ3) is 6.00. The van der Waals surface area contributed by atoms with Gasteiger partial charge in [-0.2, -0.15) is 4.91 Å². The SMILES string of the molecule is C=CC[C@H](COC)OCCN=O. The fourth-order valence-electron chi connectivity index (χ4n) is 0.813. The summed E-state index contributed by atoms with van der Waals surface area (Å²) in [5, 5.41) is 2.69. The molecule has 0 unspecified atom stereocenters. The summed E-state index contributed by atoms with van der Waals surface area (Å²) in [5.74, 6) is 0. The van der Waals surface area contributed by atoms with Crippen molar-refractivity contribution in [2.24, 2.45) is 5.18 Å². The molecule has 4 heteroatoms. The molecule has 0 amide bonds. The van der Waals surface area contributed by atoms with Crippen LogP contribution in [0.25, 0.3) is 0 Å². The predicted octanol–water partition coefficient (Wildman–Crippen LogP) is 1.36. The van der Waals surface area contributed by atoms with E-state index in [0.717, 1.165) is 6.42 Å². The summed E-state index contributed by atoms with van der Waals surface area (Å²) in [4.78, 5) is 9.72. The smallest absolute Gasteiger partial charge is 0.104 e. The number of methoxy groups -OCH3 is 1. The van der Waals surface area contributed by atoms with E-state index in [0.29, 0.717) is 13.2 Å². The minimum absolute atomic E-state index is 0.00532. The molecular weight excluding hydrogens is 158 g/mol. The zero-order valence-electron chi connectivity index (χ0n) is 7.36. The normalized spacial score (nSPS) is 12.4. The van der Waals surface area contributed by atoms with E-state index in [4.69, 9.17) is 9.47 Å². The highest BCUT2D eigenvalue weighted by atomic mass is 16.5. The maximum absolute atomic E-state index is 9.72. The third-order valence-corrected chi connectivity index (χ3v) is 1.32. The molecule has 0 aliphatic rings. The summed E-state index contributed by atoms with van der Waals surface area (Å²) < 4.78 is 10.2. The van der Waals surface area contributed by atoms with Crippen LogP contribution in [-0.4, -0.2) is 33.0 Å². The average Bonchev–Trinajstić information content (AvgIpc) is 2.06. The largest absolute Gasteiger partial charge is 0.382 e. The molecule has 0 bridgehead atoms. The molecule has 0 fully saturated rings. The van der Waals surface area contributed by atoms with Crippen molar-refractivity contribution in [3.05, 3.63) is 17.6 Å². The molecule has 0 aromatic rings. The molecule has 0 heterocycles. The topological polar surface area (TPSA) is 47.9 Å². The fraction of sp³-hybridized carbons (Fsp3) is 0.750. The second-order valence-corrected chi connectivity index (χ2v) is 2.33. The first kappa shape index (κ1) is 11.3. The van der Waals surface area contributed by atoms with Crippen LogP contribution in [0, 0.1) is 4.91 Å². The van der Waals surface area contributed by atoms with E-state index in [1.54, 1.807) is 13.2 Å². The van der Waals surface area contributed by atoms with Gasteiger partial charge in [0.2, 0.25) is 0 Å². The van der Waals surface area contributed by atoms with Crippen LogP contribution >= 0.6 is 0 Å². The number of rotatable bonds is 8. The van der Waals surface area contributed by atoms with Gasteiger partial charge in [-0.1, -0.05) is 11.3 Å². The van der Waals surface area contributed by atoms with Crippen molar-refractivity contribution >= 4 is 0 Å². The zero-order valence-corrected chi connectivity index (χ0v) is 7.36. The number of ether oxygens (including phenoxy) is 2. The van der Waals surface area contributed by atoms with E-state index in [9.17, 15) is 4.91 Å². The summed E-state index contributed by atoms with van der Waals surface area (Å²) >= 11 is 0. The minimum atomic E-state index is -0.00532. The molecular formula is C8H15NO3. The van der Waals surface area contributed by atoms with Crippen LogP contribution in [0.2, 0.25) is 0 Å². The number of hydrogen-bond acceptors (Lipinski definition) is 4. The molecule has 0 saturated carbocycles. The van der Waals surface area contributed by atoms with E-state index < -0.39 is 0 Å². The van der Waals surface area contributed by atoms with E-state index >= 15 is 0 Å². The lowest BCUT2D eigenvalue weighted by Crippen LogP contribution is -2.19. The Balaban J connectivity index is 3.46. The van der Waals surface area contributed by atoms with Gasteiger partial charge in [-0.05, 0) is 6.42 Å². The lowest BCUT2D eigenvalue weighted by molar-refractivity contribution is 0.00386. The van der Waals surface area contributed by atoms with Crippen LogP contribution in [0.15, 0.2) is 17.8 Å². The van der Waals surface area contributed by atoms with Gasteiger partial charge in [0.25, 0.3) is 0 Å². The monoisotopic (exact) mass is 173 g/mol. The van der Waals surface area contributed by atoms with Crippen LogP contribution in [0.4, 0.5) is 0 Å². The second-order valence-electron chi connectivity index (χ2n) is 2.33. The van der Waals surface area contributed by atoms with Gasteiger partial charge in [0.05, 0.1) is 19.3 Å². The Morgan fingerprint density at radius 2 is 2.42 bits per heavy atom. The van der Waals surface area contributed by atoms with Gasteiger partial charge in [0, 0.05) is 7.11 Å². The summed E-state index contributed by atoms with van der Waals surface area (Å²) in [6.07, 6.45) is 2.49. The van der Waals surface area contributed by atoms with Gasteiger partial charge < -0.3 is 9.47 Å². The molecule has 0 saturated heterocycles. The van der Waals surface area contributed by atoms with Crippen molar-refractivity contribution < 1.29 is 9.47 Å². The van der Waals surface area contributed by atoms with Crippen LogP contribution < -0.4 is 0 Å². The molecule has 0 aliphatic carbocycles. The molecule has 0 aliphatic heterocycles. The maximum atomic E-state index is 9.72. The lowest BCUT2D eigenvalue weighted by atomic mass is 10.2. The highest BCUT2D eigenvalue weighted by Gasteiger charge is 2.05. The van der Waals surface area contributed by atoms with Crippen molar-refractivity contribution in [1.29, 1.82) is 0 Å². The second kappa shape index (κ2) is 8.36. The number of nitrogens with zero attached hydrogens (tertiary/aromatic N) is 1. The predicted molar refractivity (Wildman–Crippen MR) is 47.1 cm³/mol. The standard InChI is InChI=1S/C8H15NO3/c1-3-4-8(7-11-2)12-6-5-9-10/h3,8H,1,4-7H2,2H3/t8-/m1/s1. The summed E-state index contributed by atoms with van der Waals surface area (Å²) in [7, 11) is 1.61. The third-order valence-electron chi connectivity index (χ3n) is 1.32. The van der Waals surface area contributed by atoms with E-state index in [2.05, 4.69) is 11.8 Å². The van der Waals surface area contributed by atoms with Gasteiger partial charge in [0.1, 0.15) is 6.54 Å². The molecule has 0 radical (unpaired) electrons. The average molecular weight is 173 g/mol. The molecule has 0 rings (SSSR count). The summed E-state index contributed by atoms with van der Waals surface area (Å²) in [5.41, 5.74) is 0. The Bertz CT molecular complexity index is 127. The minimum Gasteiger partial charge on any atom is -0.382 e. The molecule has 0 spiro atoms. The van der Waals surface area contributed by atoms with Crippen LogP contribution in [0.5, 0.6) is 0 Å². The maximum Gasteiger partial charge on any atom is 0.104 e. The first-order valence-electron chi connectivity index (χ1n) is 3.85. The van der Waals surface area contributed by atoms with Crippen LogP contribution in [0.3, 0.4) is 0 Å². The van der Waals surface area contributed by atoms with Crippen molar-refractivity contribution in [3.8, 4) is 0 Å². The van der Waals surface area contributed by atoms with Crippen LogP contribution in [-0.2, 0) is 9.47 Å². The quantitative estimate of drug-likeness (QED) is 0.316. The van der Waals surface area contributed by atoms with Crippen LogP contribution in [0.1, 0.15) is 6.42 Å². The van der Waals surface area contributed by atoms with Gasteiger partial charge in [-0.3, -0.25) is 0 Å². The first-order chi connectivity index (χ1) is 5.85. The van der Waals surface area contributed by atoms with Crippen molar-refractivity contribution in [3.63, 3.8) is 0 Å². The summed E-state index contributed by atoms with van der Waals surface area (Å²) in [6, 6.07) is 0. The Morgan fingerprint density at radius 1 is 1.67 bits per heavy atom. The lowest BCUT2D eigenvalue weighted by Gasteiger charge is -2.13. The van der Waals surface area contributed by atoms with Gasteiger partial charge in [-0.25, -0.2) is 0 Å².